The fourth-order valence-electron chi connectivity index (χ4n) is 1.28. The number of benzene rings is 1. The van der Waals surface area contributed by atoms with Gasteiger partial charge in [-0.05, 0) is 12.6 Å². The summed E-state index contributed by atoms with van der Waals surface area (Å²) in [5.41, 5.74) is 1.09. The zero-order valence-electron chi connectivity index (χ0n) is 10.5. The lowest BCUT2D eigenvalue weighted by atomic mass is 10.2. The molecule has 0 aromatic heterocycles. The standard InChI is InChI=1S/C12H17NO3.ClH.H2S/c1-13-11(12(14)15-2)9-16-8-10-6-4-3-5-7-10;;/h3-7,11,13H,8-9H2,1-2H3;1H;1H2/t11-;;/m0../s1. The summed E-state index contributed by atoms with van der Waals surface area (Å²) in [5.74, 6) is -0.310. The predicted molar refractivity (Wildman–Crippen MR) is 78.6 cm³/mol. The van der Waals surface area contributed by atoms with Crippen LogP contribution < -0.4 is 5.32 Å². The summed E-state index contributed by atoms with van der Waals surface area (Å²) in [6, 6.07) is 9.41. The van der Waals surface area contributed by atoms with Crippen molar-refractivity contribution in [3.05, 3.63) is 35.9 Å². The number of likely N-dealkylation sites (N-methyl/N-ethyl adjacent to an activating group) is 1. The molecule has 1 aromatic carbocycles. The van der Waals surface area contributed by atoms with Crippen molar-refractivity contribution in [2.75, 3.05) is 20.8 Å². The highest BCUT2D eigenvalue weighted by molar-refractivity contribution is 7.59. The van der Waals surface area contributed by atoms with E-state index in [-0.39, 0.29) is 31.9 Å². The number of hydrogen-bond acceptors (Lipinski definition) is 4. The monoisotopic (exact) mass is 293 g/mol. The third-order valence-electron chi connectivity index (χ3n) is 2.23. The van der Waals surface area contributed by atoms with Crippen molar-refractivity contribution >= 4 is 31.9 Å². The fourth-order valence-corrected chi connectivity index (χ4v) is 1.28. The first kappa shape index (κ1) is 19.6. The predicted octanol–water partition coefficient (Wildman–Crippen LogP) is 1.50. The Hall–Kier alpha value is -0.750. The molecule has 0 aliphatic rings. The van der Waals surface area contributed by atoms with E-state index in [2.05, 4.69) is 10.1 Å². The van der Waals surface area contributed by atoms with Gasteiger partial charge in [0.2, 0.25) is 0 Å². The summed E-state index contributed by atoms with van der Waals surface area (Å²) < 4.78 is 10.1. The van der Waals surface area contributed by atoms with Crippen LogP contribution in [0.5, 0.6) is 0 Å². The molecule has 1 rings (SSSR count). The third kappa shape index (κ3) is 6.86. The molecule has 6 heteroatoms. The molecule has 0 spiro atoms. The molecule has 0 fully saturated rings. The summed E-state index contributed by atoms with van der Waals surface area (Å²) in [6.45, 7) is 0.800. The number of rotatable bonds is 6. The minimum atomic E-state index is -0.409. The Bertz CT molecular complexity index is 324. The van der Waals surface area contributed by atoms with E-state index in [1.807, 2.05) is 30.3 Å². The van der Waals surface area contributed by atoms with Gasteiger partial charge in [-0.2, -0.15) is 13.5 Å². The highest BCUT2D eigenvalue weighted by atomic mass is 35.5. The number of ether oxygens (including phenoxy) is 2. The van der Waals surface area contributed by atoms with Gasteiger partial charge in [0.15, 0.2) is 0 Å². The number of esters is 1. The van der Waals surface area contributed by atoms with Crippen molar-refractivity contribution in [3.8, 4) is 0 Å². The molecule has 0 saturated heterocycles. The Balaban J connectivity index is 0. The lowest BCUT2D eigenvalue weighted by Crippen LogP contribution is -2.39. The number of methoxy groups -OCH3 is 1. The maximum atomic E-state index is 11.2. The van der Waals surface area contributed by atoms with E-state index in [4.69, 9.17) is 4.74 Å². The number of carbonyl (C=O) groups excluding carboxylic acids is 1. The van der Waals surface area contributed by atoms with E-state index in [1.54, 1.807) is 7.05 Å². The molecule has 18 heavy (non-hydrogen) atoms. The zero-order chi connectivity index (χ0) is 11.8. The van der Waals surface area contributed by atoms with Gasteiger partial charge in [0.05, 0.1) is 20.3 Å². The first-order valence-corrected chi connectivity index (χ1v) is 5.14. The van der Waals surface area contributed by atoms with Crippen LogP contribution in [0.3, 0.4) is 0 Å². The van der Waals surface area contributed by atoms with Gasteiger partial charge in [0.1, 0.15) is 6.04 Å². The van der Waals surface area contributed by atoms with Crippen molar-refractivity contribution in [2.24, 2.45) is 0 Å². The van der Waals surface area contributed by atoms with Gasteiger partial charge in [-0.25, -0.2) is 0 Å². The number of nitrogens with one attached hydrogen (secondary N) is 1. The molecule has 104 valence electrons. The minimum Gasteiger partial charge on any atom is -0.468 e. The molecule has 0 heterocycles. The van der Waals surface area contributed by atoms with Gasteiger partial charge >= 0.3 is 5.97 Å². The smallest absolute Gasteiger partial charge is 0.325 e. The summed E-state index contributed by atoms with van der Waals surface area (Å²) in [5, 5.41) is 2.84. The van der Waals surface area contributed by atoms with E-state index in [0.717, 1.165) is 5.56 Å². The van der Waals surface area contributed by atoms with Gasteiger partial charge in [0.25, 0.3) is 0 Å². The Labute approximate surface area is 121 Å². The fraction of sp³-hybridized carbons (Fsp3) is 0.417. The number of carbonyl (C=O) groups is 1. The lowest BCUT2D eigenvalue weighted by Gasteiger charge is -2.13. The van der Waals surface area contributed by atoms with E-state index in [9.17, 15) is 4.79 Å². The maximum Gasteiger partial charge on any atom is 0.325 e. The number of hydrogen-bond donors (Lipinski definition) is 1. The van der Waals surface area contributed by atoms with Gasteiger partial charge in [0, 0.05) is 0 Å². The maximum absolute atomic E-state index is 11.2. The normalized spacial score (nSPS) is 10.8. The molecule has 0 radical (unpaired) electrons. The molecule has 0 aliphatic heterocycles. The third-order valence-corrected chi connectivity index (χ3v) is 2.23. The van der Waals surface area contributed by atoms with Crippen molar-refractivity contribution < 1.29 is 14.3 Å². The Morgan fingerprint density at radius 3 is 2.44 bits per heavy atom. The summed E-state index contributed by atoms with van der Waals surface area (Å²) >= 11 is 0. The molecule has 0 unspecified atom stereocenters. The first-order chi connectivity index (χ1) is 7.77. The largest absolute Gasteiger partial charge is 0.468 e. The Morgan fingerprint density at radius 1 is 1.33 bits per heavy atom. The number of halogens is 1. The van der Waals surface area contributed by atoms with Crippen molar-refractivity contribution in [1.29, 1.82) is 0 Å². The topological polar surface area (TPSA) is 47.6 Å². The summed E-state index contributed by atoms with van der Waals surface area (Å²) in [4.78, 5) is 11.2. The molecule has 0 aliphatic carbocycles. The van der Waals surface area contributed by atoms with E-state index < -0.39 is 6.04 Å². The highest BCUT2D eigenvalue weighted by Crippen LogP contribution is 2.01. The molecule has 1 N–H and O–H groups in total. The average Bonchev–Trinajstić information content (AvgIpc) is 2.35. The van der Waals surface area contributed by atoms with Gasteiger partial charge in [-0.15, -0.1) is 12.4 Å². The lowest BCUT2D eigenvalue weighted by molar-refractivity contribution is -0.144. The average molecular weight is 294 g/mol. The van der Waals surface area contributed by atoms with Crippen molar-refractivity contribution in [1.82, 2.24) is 5.32 Å². The summed E-state index contributed by atoms with van der Waals surface area (Å²) in [6.07, 6.45) is 0. The van der Waals surface area contributed by atoms with Crippen molar-refractivity contribution in [2.45, 2.75) is 12.6 Å². The van der Waals surface area contributed by atoms with E-state index in [0.29, 0.717) is 13.2 Å². The van der Waals surface area contributed by atoms with Gasteiger partial charge < -0.3 is 14.8 Å². The second kappa shape index (κ2) is 11.3. The van der Waals surface area contributed by atoms with Gasteiger partial charge in [-0.1, -0.05) is 30.3 Å². The van der Waals surface area contributed by atoms with Crippen LogP contribution in [-0.2, 0) is 20.9 Å². The molecule has 0 amide bonds. The Morgan fingerprint density at radius 2 is 1.94 bits per heavy atom. The minimum absolute atomic E-state index is 0. The van der Waals surface area contributed by atoms with Gasteiger partial charge in [-0.3, -0.25) is 4.79 Å². The second-order valence-electron chi connectivity index (χ2n) is 3.37. The van der Waals surface area contributed by atoms with Crippen LogP contribution in [0.1, 0.15) is 5.56 Å². The molecular formula is C12H20ClNO3S. The molecule has 4 nitrogen and oxygen atoms in total. The van der Waals surface area contributed by atoms with E-state index in [1.165, 1.54) is 7.11 Å². The second-order valence-corrected chi connectivity index (χ2v) is 3.37. The quantitative estimate of drug-likeness (QED) is 0.808. The SMILES string of the molecule is CN[C@@H](COCc1ccccc1)C(=O)OC.Cl.S. The van der Waals surface area contributed by atoms with Crippen LogP contribution >= 0.6 is 25.9 Å². The molecular weight excluding hydrogens is 274 g/mol. The van der Waals surface area contributed by atoms with Crippen molar-refractivity contribution in [3.63, 3.8) is 0 Å². The van der Waals surface area contributed by atoms with E-state index >= 15 is 0 Å². The molecule has 1 aromatic rings. The van der Waals surface area contributed by atoms with Crippen LogP contribution in [-0.4, -0.2) is 32.8 Å². The first-order valence-electron chi connectivity index (χ1n) is 5.14. The molecule has 1 atom stereocenters. The summed E-state index contributed by atoms with van der Waals surface area (Å²) in [7, 11) is 3.07. The Kier molecular flexibility index (Phi) is 12.3. The van der Waals surface area contributed by atoms with Crippen LogP contribution in [0.15, 0.2) is 30.3 Å². The highest BCUT2D eigenvalue weighted by Gasteiger charge is 2.16. The van der Waals surface area contributed by atoms with Crippen LogP contribution in [0.25, 0.3) is 0 Å². The van der Waals surface area contributed by atoms with Crippen LogP contribution in [0, 0.1) is 0 Å². The molecule has 0 saturated carbocycles. The molecule has 0 bridgehead atoms. The van der Waals surface area contributed by atoms with Crippen LogP contribution in [0.4, 0.5) is 0 Å². The zero-order valence-corrected chi connectivity index (χ0v) is 12.3. The van der Waals surface area contributed by atoms with Crippen LogP contribution in [0.2, 0.25) is 0 Å².